The normalized spacial score (nSPS) is 15.3. The summed E-state index contributed by atoms with van der Waals surface area (Å²) in [6.07, 6.45) is -0.837. The van der Waals surface area contributed by atoms with Gasteiger partial charge in [0.15, 0.2) is 28.6 Å². The number of anilines is 1. The zero-order chi connectivity index (χ0) is 19.8. The monoisotopic (exact) mass is 393 g/mol. The molecule has 0 aliphatic carbocycles. The number of methoxy groups -OCH3 is 1. The number of aromatic nitrogens is 2. The lowest BCUT2D eigenvalue weighted by Gasteiger charge is -2.24. The van der Waals surface area contributed by atoms with Gasteiger partial charge in [-0.05, 0) is 24.3 Å². The van der Waals surface area contributed by atoms with Crippen LogP contribution in [0.3, 0.4) is 0 Å². The molecule has 29 heavy (non-hydrogen) atoms. The fourth-order valence-corrected chi connectivity index (χ4v) is 3.01. The van der Waals surface area contributed by atoms with Gasteiger partial charge in [-0.25, -0.2) is 0 Å². The lowest BCUT2D eigenvalue weighted by atomic mass is 10.2. The Morgan fingerprint density at radius 2 is 1.97 bits per heavy atom. The van der Waals surface area contributed by atoms with Gasteiger partial charge in [-0.15, -0.1) is 5.10 Å². The summed E-state index contributed by atoms with van der Waals surface area (Å²) < 4.78 is 27.8. The first-order valence-electron chi connectivity index (χ1n) is 8.81. The Labute approximate surface area is 164 Å². The van der Waals surface area contributed by atoms with Gasteiger partial charge in [-0.3, -0.25) is 10.1 Å². The Morgan fingerprint density at radius 1 is 1.10 bits per heavy atom. The average Bonchev–Trinajstić information content (AvgIpc) is 3.40. The summed E-state index contributed by atoms with van der Waals surface area (Å²) in [5, 5.41) is 11.1. The number of hydrogen-bond acceptors (Lipinski definition) is 8. The van der Waals surface area contributed by atoms with E-state index in [9.17, 15) is 4.79 Å². The number of nitrogens with zero attached hydrogens (tertiary/aromatic N) is 2. The van der Waals surface area contributed by atoms with E-state index in [4.69, 9.17) is 23.0 Å². The van der Waals surface area contributed by atoms with Crippen molar-refractivity contribution in [2.75, 3.05) is 19.0 Å². The number of para-hydroxylation sites is 3. The summed E-state index contributed by atoms with van der Waals surface area (Å²) in [5.74, 6) is 1.73. The highest BCUT2D eigenvalue weighted by atomic mass is 16.6. The highest BCUT2D eigenvalue weighted by Gasteiger charge is 2.28. The lowest BCUT2D eigenvalue weighted by Crippen LogP contribution is -2.40. The van der Waals surface area contributed by atoms with Gasteiger partial charge >= 0.3 is 6.01 Å². The summed E-state index contributed by atoms with van der Waals surface area (Å²) in [7, 11) is 1.56. The molecule has 0 saturated carbocycles. The standard InChI is InChI=1S/C20H15N3O6/c1-25-14-8-4-5-11-9-15(28-17(11)14)19-22-23-20(29-19)21-18(24)16-10-26-12-6-2-3-7-13(12)27-16/h2-9,16H,10H2,1H3,(H,21,23,24)/t16-/m1/s1. The molecule has 0 bridgehead atoms. The molecule has 1 N–H and O–H groups in total. The van der Waals surface area contributed by atoms with E-state index in [2.05, 4.69) is 15.5 Å². The van der Waals surface area contributed by atoms with Crippen molar-refractivity contribution in [1.29, 1.82) is 0 Å². The van der Waals surface area contributed by atoms with Crippen LogP contribution in [0.25, 0.3) is 22.6 Å². The number of furan rings is 1. The van der Waals surface area contributed by atoms with Gasteiger partial charge in [0, 0.05) is 5.39 Å². The van der Waals surface area contributed by atoms with Crippen LogP contribution in [0, 0.1) is 0 Å². The maximum absolute atomic E-state index is 12.5. The minimum atomic E-state index is -0.837. The summed E-state index contributed by atoms with van der Waals surface area (Å²) in [5.41, 5.74) is 0.570. The number of rotatable bonds is 4. The fourth-order valence-electron chi connectivity index (χ4n) is 3.01. The molecule has 2 aromatic heterocycles. The van der Waals surface area contributed by atoms with Gasteiger partial charge in [-0.2, -0.15) is 0 Å². The number of hydrogen-bond donors (Lipinski definition) is 1. The summed E-state index contributed by atoms with van der Waals surface area (Å²) >= 11 is 0. The van der Waals surface area contributed by atoms with Crippen molar-refractivity contribution >= 4 is 22.9 Å². The first kappa shape index (κ1) is 17.1. The molecular weight excluding hydrogens is 378 g/mol. The van der Waals surface area contributed by atoms with Crippen molar-refractivity contribution in [3.05, 3.63) is 48.5 Å². The first-order chi connectivity index (χ1) is 14.2. The molecule has 5 rings (SSSR count). The molecule has 0 fully saturated rings. The maximum atomic E-state index is 12.5. The molecular formula is C20H15N3O6. The van der Waals surface area contributed by atoms with Gasteiger partial charge in [-0.1, -0.05) is 29.4 Å². The lowest BCUT2D eigenvalue weighted by molar-refractivity contribution is -0.125. The van der Waals surface area contributed by atoms with E-state index in [1.807, 2.05) is 18.2 Å². The molecule has 2 aromatic carbocycles. The van der Waals surface area contributed by atoms with Crippen LogP contribution >= 0.6 is 0 Å². The highest BCUT2D eigenvalue weighted by molar-refractivity contribution is 5.93. The number of amides is 1. The Balaban J connectivity index is 1.32. The second-order valence-corrected chi connectivity index (χ2v) is 6.26. The van der Waals surface area contributed by atoms with Crippen LogP contribution in [0.15, 0.2) is 57.4 Å². The average molecular weight is 393 g/mol. The van der Waals surface area contributed by atoms with E-state index >= 15 is 0 Å². The van der Waals surface area contributed by atoms with Gasteiger partial charge < -0.3 is 23.0 Å². The van der Waals surface area contributed by atoms with Crippen molar-refractivity contribution in [3.8, 4) is 28.9 Å². The zero-order valence-corrected chi connectivity index (χ0v) is 15.2. The number of ether oxygens (including phenoxy) is 3. The second-order valence-electron chi connectivity index (χ2n) is 6.26. The molecule has 0 unspecified atom stereocenters. The maximum Gasteiger partial charge on any atom is 0.322 e. The third kappa shape index (κ3) is 3.12. The predicted octanol–water partition coefficient (Wildman–Crippen LogP) is 3.27. The minimum absolute atomic E-state index is 0.0696. The van der Waals surface area contributed by atoms with Gasteiger partial charge in [0.1, 0.15) is 6.61 Å². The van der Waals surface area contributed by atoms with Crippen molar-refractivity contribution in [3.63, 3.8) is 0 Å². The minimum Gasteiger partial charge on any atom is -0.493 e. The summed E-state index contributed by atoms with van der Waals surface area (Å²) in [4.78, 5) is 12.5. The third-order valence-electron chi connectivity index (χ3n) is 4.39. The van der Waals surface area contributed by atoms with Crippen molar-refractivity contribution in [2.45, 2.75) is 6.10 Å². The van der Waals surface area contributed by atoms with Crippen LogP contribution in [0.5, 0.6) is 17.2 Å². The summed E-state index contributed by atoms with van der Waals surface area (Å²) in [6.45, 7) is 0.0766. The quantitative estimate of drug-likeness (QED) is 0.563. The first-order valence-corrected chi connectivity index (χ1v) is 8.81. The van der Waals surface area contributed by atoms with E-state index < -0.39 is 12.0 Å². The van der Waals surface area contributed by atoms with E-state index in [-0.39, 0.29) is 18.5 Å². The van der Waals surface area contributed by atoms with Crippen LogP contribution in [-0.4, -0.2) is 35.9 Å². The number of carbonyl (C=O) groups excluding carboxylic acids is 1. The van der Waals surface area contributed by atoms with Crippen molar-refractivity contribution < 1.29 is 27.8 Å². The van der Waals surface area contributed by atoms with Crippen molar-refractivity contribution in [1.82, 2.24) is 10.2 Å². The molecule has 1 atom stereocenters. The molecule has 9 nitrogen and oxygen atoms in total. The fraction of sp³-hybridized carbons (Fsp3) is 0.150. The molecule has 9 heteroatoms. The molecule has 3 heterocycles. The SMILES string of the molecule is COc1cccc2cc(-c3nnc(NC(=O)[C@H]4COc5ccccc5O4)o3)oc12. The van der Waals surface area contributed by atoms with Crippen LogP contribution < -0.4 is 19.5 Å². The van der Waals surface area contributed by atoms with Gasteiger partial charge in [0.05, 0.1) is 7.11 Å². The summed E-state index contributed by atoms with van der Waals surface area (Å²) in [6, 6.07) is 14.3. The molecule has 1 aliphatic rings. The second kappa shape index (κ2) is 6.86. The Morgan fingerprint density at radius 3 is 2.83 bits per heavy atom. The Bertz CT molecular complexity index is 1200. The van der Waals surface area contributed by atoms with Crippen LogP contribution in [-0.2, 0) is 4.79 Å². The molecule has 0 radical (unpaired) electrons. The topological polar surface area (TPSA) is 109 Å². The smallest absolute Gasteiger partial charge is 0.322 e. The van der Waals surface area contributed by atoms with Crippen molar-refractivity contribution in [2.24, 2.45) is 0 Å². The van der Waals surface area contributed by atoms with Crippen LogP contribution in [0.1, 0.15) is 0 Å². The van der Waals surface area contributed by atoms with Gasteiger partial charge in [0.25, 0.3) is 11.8 Å². The number of fused-ring (bicyclic) bond motifs is 2. The van der Waals surface area contributed by atoms with Crippen LogP contribution in [0.4, 0.5) is 6.01 Å². The van der Waals surface area contributed by atoms with Crippen LogP contribution in [0.2, 0.25) is 0 Å². The van der Waals surface area contributed by atoms with E-state index in [1.165, 1.54) is 0 Å². The third-order valence-corrected chi connectivity index (χ3v) is 4.39. The molecule has 1 amide bonds. The molecule has 4 aromatic rings. The highest BCUT2D eigenvalue weighted by Crippen LogP contribution is 2.33. The molecule has 146 valence electrons. The molecule has 0 spiro atoms. The number of benzene rings is 2. The predicted molar refractivity (Wildman–Crippen MR) is 101 cm³/mol. The zero-order valence-electron chi connectivity index (χ0n) is 15.2. The molecule has 0 saturated heterocycles. The van der Waals surface area contributed by atoms with E-state index in [0.717, 1.165) is 5.39 Å². The number of carbonyl (C=O) groups is 1. The van der Waals surface area contributed by atoms with E-state index in [1.54, 1.807) is 37.4 Å². The number of nitrogens with one attached hydrogen (secondary N) is 1. The molecule has 1 aliphatic heterocycles. The Hall–Kier alpha value is -4.01. The van der Waals surface area contributed by atoms with Gasteiger partial charge in [0.2, 0.25) is 6.10 Å². The van der Waals surface area contributed by atoms with E-state index in [0.29, 0.717) is 28.6 Å². The Kier molecular flexibility index (Phi) is 4.05. The largest absolute Gasteiger partial charge is 0.493 e.